The van der Waals surface area contributed by atoms with Crippen LogP contribution in [0.2, 0.25) is 0 Å². The lowest BCUT2D eigenvalue weighted by Crippen LogP contribution is -2.38. The fourth-order valence-corrected chi connectivity index (χ4v) is 2.95. The van der Waals surface area contributed by atoms with Crippen LogP contribution in [0.3, 0.4) is 0 Å². The maximum Gasteiger partial charge on any atom is 0.190 e. The van der Waals surface area contributed by atoms with Gasteiger partial charge in [-0.1, -0.05) is 13.8 Å². The summed E-state index contributed by atoms with van der Waals surface area (Å²) >= 11 is 0. The number of halogens is 1. The van der Waals surface area contributed by atoms with E-state index in [1.54, 1.807) is 19.2 Å². The number of hydrogen-bond acceptors (Lipinski definition) is 4. The van der Waals surface area contributed by atoms with Crippen LogP contribution in [0.1, 0.15) is 44.4 Å². The Balaban J connectivity index is 1.89. The van der Waals surface area contributed by atoms with Crippen LogP contribution >= 0.6 is 0 Å². The SMILES string of the molecule is CN=C(NCCCc1nn(-c2ccc(F)cc2)c(N)c1C#N)NCCCC(C)C. The number of rotatable bonds is 9. The molecule has 29 heavy (non-hydrogen) atoms. The summed E-state index contributed by atoms with van der Waals surface area (Å²) in [5, 5.41) is 20.5. The molecule has 0 atom stereocenters. The van der Waals surface area contributed by atoms with Crippen molar-refractivity contribution in [2.24, 2.45) is 10.9 Å². The third-order valence-corrected chi connectivity index (χ3v) is 4.53. The molecule has 8 heteroatoms. The number of nitrogens with zero attached hydrogens (tertiary/aromatic N) is 4. The maximum atomic E-state index is 13.2. The van der Waals surface area contributed by atoms with Gasteiger partial charge in [-0.15, -0.1) is 0 Å². The minimum absolute atomic E-state index is 0.268. The van der Waals surface area contributed by atoms with Gasteiger partial charge in [0.05, 0.1) is 11.4 Å². The van der Waals surface area contributed by atoms with Crippen molar-refractivity contribution in [2.75, 3.05) is 25.9 Å². The number of aryl methyl sites for hydroxylation is 1. The van der Waals surface area contributed by atoms with Crippen LogP contribution in [0.4, 0.5) is 10.2 Å². The molecule has 0 fully saturated rings. The molecule has 0 amide bonds. The lowest BCUT2D eigenvalue weighted by Gasteiger charge is -2.12. The Kier molecular flexibility index (Phi) is 8.46. The van der Waals surface area contributed by atoms with E-state index in [2.05, 4.69) is 40.6 Å². The van der Waals surface area contributed by atoms with Crippen LogP contribution in [0, 0.1) is 23.1 Å². The Morgan fingerprint density at radius 2 is 1.90 bits per heavy atom. The van der Waals surface area contributed by atoms with Crippen molar-refractivity contribution in [3.05, 3.63) is 41.3 Å². The van der Waals surface area contributed by atoms with Gasteiger partial charge in [-0.3, -0.25) is 4.99 Å². The largest absolute Gasteiger partial charge is 0.382 e. The summed E-state index contributed by atoms with van der Waals surface area (Å²) in [4.78, 5) is 4.22. The number of aliphatic imine (C=N–C) groups is 1. The number of guanidine groups is 1. The van der Waals surface area contributed by atoms with Gasteiger partial charge in [0.2, 0.25) is 0 Å². The first kappa shape index (κ1) is 22.2. The van der Waals surface area contributed by atoms with Crippen molar-refractivity contribution in [1.82, 2.24) is 20.4 Å². The molecule has 0 saturated carbocycles. The van der Waals surface area contributed by atoms with Crippen molar-refractivity contribution in [3.63, 3.8) is 0 Å². The number of nitrogens with one attached hydrogen (secondary N) is 2. The Bertz CT molecular complexity index is 847. The number of hydrogen-bond donors (Lipinski definition) is 3. The molecule has 0 unspecified atom stereocenters. The third-order valence-electron chi connectivity index (χ3n) is 4.53. The van der Waals surface area contributed by atoms with E-state index in [1.165, 1.54) is 23.2 Å². The second kappa shape index (κ2) is 11.1. The summed E-state index contributed by atoms with van der Waals surface area (Å²) in [6.07, 6.45) is 3.64. The zero-order valence-corrected chi connectivity index (χ0v) is 17.4. The van der Waals surface area contributed by atoms with Gasteiger partial charge in [0.25, 0.3) is 0 Å². The van der Waals surface area contributed by atoms with Crippen molar-refractivity contribution in [1.29, 1.82) is 5.26 Å². The second-order valence-corrected chi connectivity index (χ2v) is 7.27. The molecule has 7 nitrogen and oxygen atoms in total. The number of nitriles is 1. The number of aromatic nitrogens is 2. The summed E-state index contributed by atoms with van der Waals surface area (Å²) < 4.78 is 14.6. The van der Waals surface area contributed by atoms with E-state index in [4.69, 9.17) is 5.73 Å². The molecular weight excluding hydrogens is 369 g/mol. The second-order valence-electron chi connectivity index (χ2n) is 7.27. The number of nitrogen functional groups attached to an aromatic ring is 1. The van der Waals surface area contributed by atoms with Crippen molar-refractivity contribution < 1.29 is 4.39 Å². The Labute approximate surface area is 171 Å². The van der Waals surface area contributed by atoms with Gasteiger partial charge in [-0.25, -0.2) is 9.07 Å². The predicted octanol–water partition coefficient (Wildman–Crippen LogP) is 3.00. The van der Waals surface area contributed by atoms with Gasteiger partial charge in [0, 0.05) is 20.1 Å². The first-order valence-corrected chi connectivity index (χ1v) is 9.94. The maximum absolute atomic E-state index is 13.2. The number of benzene rings is 1. The Morgan fingerprint density at radius 1 is 1.24 bits per heavy atom. The molecule has 156 valence electrons. The smallest absolute Gasteiger partial charge is 0.190 e. The van der Waals surface area contributed by atoms with E-state index >= 15 is 0 Å². The highest BCUT2D eigenvalue weighted by molar-refractivity contribution is 5.79. The standard InChI is InChI=1S/C21H30FN7/c1-15(2)6-4-12-26-21(25-3)27-13-5-7-19-18(14-23)20(24)29(28-19)17-10-8-16(22)9-11-17/h8-11,15H,4-7,12-13,24H2,1-3H3,(H2,25,26,27). The average molecular weight is 400 g/mol. The molecule has 0 bridgehead atoms. The first-order chi connectivity index (χ1) is 14.0. The first-order valence-electron chi connectivity index (χ1n) is 9.94. The summed E-state index contributed by atoms with van der Waals surface area (Å²) in [6.45, 7) is 6.01. The topological polar surface area (TPSA) is 104 Å². The zero-order chi connectivity index (χ0) is 21.2. The monoisotopic (exact) mass is 399 g/mol. The zero-order valence-electron chi connectivity index (χ0n) is 17.4. The van der Waals surface area contributed by atoms with E-state index < -0.39 is 0 Å². The molecule has 0 saturated heterocycles. The molecule has 1 aromatic carbocycles. The molecule has 2 aromatic rings. The van der Waals surface area contributed by atoms with Gasteiger partial charge in [0.1, 0.15) is 23.3 Å². The summed E-state index contributed by atoms with van der Waals surface area (Å²) in [6, 6.07) is 7.98. The van der Waals surface area contributed by atoms with E-state index in [0.717, 1.165) is 25.3 Å². The third kappa shape index (κ3) is 6.49. The molecule has 0 spiro atoms. The van der Waals surface area contributed by atoms with Gasteiger partial charge in [-0.2, -0.15) is 10.4 Å². The molecule has 2 rings (SSSR count). The molecule has 0 aliphatic heterocycles. The molecular formula is C21H30FN7. The summed E-state index contributed by atoms with van der Waals surface area (Å²) in [7, 11) is 1.75. The van der Waals surface area contributed by atoms with Crippen LogP contribution in [-0.2, 0) is 6.42 Å². The number of anilines is 1. The molecule has 0 aliphatic carbocycles. The summed E-state index contributed by atoms with van der Waals surface area (Å²) in [5.41, 5.74) is 7.71. The molecule has 1 aromatic heterocycles. The van der Waals surface area contributed by atoms with E-state index in [9.17, 15) is 9.65 Å². The minimum Gasteiger partial charge on any atom is -0.382 e. The highest BCUT2D eigenvalue weighted by Crippen LogP contribution is 2.21. The van der Waals surface area contributed by atoms with Gasteiger partial charge in [0.15, 0.2) is 5.96 Å². The van der Waals surface area contributed by atoms with Crippen LogP contribution in [0.25, 0.3) is 5.69 Å². The molecule has 4 N–H and O–H groups in total. The number of nitrogens with two attached hydrogens (primary N) is 1. The predicted molar refractivity (Wildman–Crippen MR) is 114 cm³/mol. The average Bonchev–Trinajstić information content (AvgIpc) is 3.02. The van der Waals surface area contributed by atoms with Crippen LogP contribution in [-0.4, -0.2) is 35.9 Å². The molecule has 0 aliphatic rings. The fraction of sp³-hybridized carbons (Fsp3) is 0.476. The normalized spacial score (nSPS) is 11.5. The molecule has 1 heterocycles. The highest BCUT2D eigenvalue weighted by Gasteiger charge is 2.16. The Morgan fingerprint density at radius 3 is 2.48 bits per heavy atom. The quantitative estimate of drug-likeness (QED) is 0.342. The molecule has 0 radical (unpaired) electrons. The van der Waals surface area contributed by atoms with Crippen LogP contribution in [0.5, 0.6) is 0 Å². The van der Waals surface area contributed by atoms with Gasteiger partial charge < -0.3 is 16.4 Å². The highest BCUT2D eigenvalue weighted by atomic mass is 19.1. The lowest BCUT2D eigenvalue weighted by atomic mass is 10.1. The fourth-order valence-electron chi connectivity index (χ4n) is 2.95. The Hall–Kier alpha value is -3.08. The van der Waals surface area contributed by atoms with Crippen molar-refractivity contribution in [3.8, 4) is 11.8 Å². The van der Waals surface area contributed by atoms with E-state index in [1.807, 2.05) is 0 Å². The van der Waals surface area contributed by atoms with Crippen molar-refractivity contribution >= 4 is 11.8 Å². The minimum atomic E-state index is -0.336. The van der Waals surface area contributed by atoms with Crippen molar-refractivity contribution in [2.45, 2.75) is 39.5 Å². The van der Waals surface area contributed by atoms with E-state index in [0.29, 0.717) is 35.8 Å². The van der Waals surface area contributed by atoms with Crippen LogP contribution in [0.15, 0.2) is 29.3 Å². The van der Waals surface area contributed by atoms with Gasteiger partial charge >= 0.3 is 0 Å². The van der Waals surface area contributed by atoms with Gasteiger partial charge in [-0.05, 0) is 55.9 Å². The lowest BCUT2D eigenvalue weighted by molar-refractivity contribution is 0.549. The van der Waals surface area contributed by atoms with E-state index in [-0.39, 0.29) is 11.6 Å². The van der Waals surface area contributed by atoms with Crippen LogP contribution < -0.4 is 16.4 Å². The summed E-state index contributed by atoms with van der Waals surface area (Å²) in [5.74, 6) is 1.40.